The zero-order valence-corrected chi connectivity index (χ0v) is 13.9. The minimum Gasteiger partial charge on any atom is -0.444 e. The van der Waals surface area contributed by atoms with Crippen molar-refractivity contribution >= 4 is 12.2 Å². The molecule has 0 saturated heterocycles. The fourth-order valence-corrected chi connectivity index (χ4v) is 2.60. The van der Waals surface area contributed by atoms with Crippen molar-refractivity contribution in [2.24, 2.45) is 0 Å². The zero-order chi connectivity index (χ0) is 17.0. The molecule has 2 rings (SSSR count). The molecule has 0 saturated carbocycles. The third-order valence-corrected chi connectivity index (χ3v) is 3.66. The van der Waals surface area contributed by atoms with Crippen LogP contribution < -0.4 is 5.32 Å². The van der Waals surface area contributed by atoms with Gasteiger partial charge in [0.05, 0.1) is 6.10 Å². The van der Waals surface area contributed by atoms with Crippen LogP contribution in [0.1, 0.15) is 50.0 Å². The van der Waals surface area contributed by atoms with Crippen molar-refractivity contribution in [1.82, 2.24) is 5.32 Å². The molecule has 1 amide bonds. The zero-order valence-electron chi connectivity index (χ0n) is 13.9. The van der Waals surface area contributed by atoms with E-state index in [1.165, 1.54) is 0 Å². The highest BCUT2D eigenvalue weighted by Crippen LogP contribution is 2.29. The van der Waals surface area contributed by atoms with E-state index in [0.717, 1.165) is 23.1 Å². The summed E-state index contributed by atoms with van der Waals surface area (Å²) in [6, 6.07) is 5.70. The van der Waals surface area contributed by atoms with Crippen LogP contribution in [0.3, 0.4) is 0 Å². The molecule has 2 unspecified atom stereocenters. The van der Waals surface area contributed by atoms with Crippen molar-refractivity contribution in [3.8, 4) is 0 Å². The molecule has 0 heterocycles. The lowest BCUT2D eigenvalue weighted by Crippen LogP contribution is -2.34. The van der Waals surface area contributed by atoms with Gasteiger partial charge in [0.1, 0.15) is 11.7 Å². The van der Waals surface area contributed by atoms with E-state index in [1.807, 2.05) is 30.4 Å². The number of amides is 1. The van der Waals surface area contributed by atoms with Crippen molar-refractivity contribution in [3.05, 3.63) is 41.0 Å². The van der Waals surface area contributed by atoms with Gasteiger partial charge in [-0.3, -0.25) is 0 Å². The summed E-state index contributed by atoms with van der Waals surface area (Å²) in [5.74, 6) is 0. The Morgan fingerprint density at radius 3 is 2.78 bits per heavy atom. The van der Waals surface area contributed by atoms with E-state index in [1.54, 1.807) is 20.8 Å². The Kier molecular flexibility index (Phi) is 5.44. The number of carbonyl (C=O) groups excluding carboxylic acids is 1. The molecule has 0 radical (unpaired) electrons. The predicted molar refractivity (Wildman–Crippen MR) is 89.0 cm³/mol. The van der Waals surface area contributed by atoms with Gasteiger partial charge in [-0.05, 0) is 50.3 Å². The number of hydrogen-bond acceptors (Lipinski definition) is 4. The van der Waals surface area contributed by atoms with E-state index in [4.69, 9.17) is 4.74 Å². The highest BCUT2D eigenvalue weighted by Gasteiger charge is 2.23. The van der Waals surface area contributed by atoms with Crippen LogP contribution in [0.4, 0.5) is 4.79 Å². The van der Waals surface area contributed by atoms with Gasteiger partial charge in [0, 0.05) is 6.54 Å². The van der Waals surface area contributed by atoms with Crippen LogP contribution in [0.5, 0.6) is 0 Å². The number of hydrogen-bond donors (Lipinski definition) is 3. The van der Waals surface area contributed by atoms with E-state index in [-0.39, 0.29) is 13.0 Å². The Morgan fingerprint density at radius 1 is 1.35 bits per heavy atom. The molecule has 3 N–H and O–H groups in total. The lowest BCUT2D eigenvalue weighted by Gasteiger charge is -2.22. The number of allylic oxidation sites excluding steroid dienone is 1. The van der Waals surface area contributed by atoms with Gasteiger partial charge in [-0.1, -0.05) is 30.4 Å². The summed E-state index contributed by atoms with van der Waals surface area (Å²) in [5.41, 5.74) is 2.33. The van der Waals surface area contributed by atoms with Crippen molar-refractivity contribution in [3.63, 3.8) is 0 Å². The number of benzene rings is 1. The van der Waals surface area contributed by atoms with E-state index in [0.29, 0.717) is 0 Å². The minimum absolute atomic E-state index is 0.237. The molecule has 5 heteroatoms. The number of aliphatic hydroxyl groups excluding tert-OH is 2. The standard InChI is InChI=1S/C18H25NO4/c1-18(2,3)23-17(22)19-11-10-15(20)16(21)14-9-5-7-12-6-4-8-13(12)14/h4-7,9,15-16,20-21H,8,10-11H2,1-3H3,(H,19,22). The van der Waals surface area contributed by atoms with Crippen LogP contribution in [0.15, 0.2) is 24.3 Å². The number of carbonyl (C=O) groups is 1. The van der Waals surface area contributed by atoms with Crippen LogP contribution >= 0.6 is 0 Å². The lowest BCUT2D eigenvalue weighted by molar-refractivity contribution is 0.0119. The fraction of sp³-hybridized carbons (Fsp3) is 0.500. The molecule has 23 heavy (non-hydrogen) atoms. The molecule has 0 aliphatic heterocycles. The summed E-state index contributed by atoms with van der Waals surface area (Å²) in [4.78, 5) is 11.5. The van der Waals surface area contributed by atoms with Gasteiger partial charge in [-0.2, -0.15) is 0 Å². The van der Waals surface area contributed by atoms with Crippen LogP contribution in [-0.2, 0) is 11.2 Å². The summed E-state index contributed by atoms with van der Waals surface area (Å²) >= 11 is 0. The van der Waals surface area contributed by atoms with Gasteiger partial charge in [0.25, 0.3) is 0 Å². The third kappa shape index (κ3) is 4.81. The molecular formula is C18H25NO4. The molecule has 0 spiro atoms. The van der Waals surface area contributed by atoms with Crippen LogP contribution in [0.2, 0.25) is 0 Å². The average Bonchev–Trinajstić information content (AvgIpc) is 2.92. The first-order valence-electron chi connectivity index (χ1n) is 7.89. The van der Waals surface area contributed by atoms with Crippen molar-refractivity contribution in [2.45, 2.75) is 51.4 Å². The Morgan fingerprint density at radius 2 is 2.09 bits per heavy atom. The van der Waals surface area contributed by atoms with Crippen LogP contribution in [-0.4, -0.2) is 34.6 Å². The van der Waals surface area contributed by atoms with Crippen molar-refractivity contribution in [1.29, 1.82) is 0 Å². The predicted octanol–water partition coefficient (Wildman–Crippen LogP) is 2.57. The van der Waals surface area contributed by atoms with E-state index in [2.05, 4.69) is 5.32 Å². The summed E-state index contributed by atoms with van der Waals surface area (Å²) in [6.45, 7) is 5.60. The van der Waals surface area contributed by atoms with Gasteiger partial charge in [0.2, 0.25) is 0 Å². The SMILES string of the molecule is CC(C)(C)OC(=O)NCCC(O)C(O)c1cccc2c1CC=C2. The lowest BCUT2D eigenvalue weighted by atomic mass is 9.94. The number of alkyl carbamates (subject to hydrolysis) is 1. The first kappa shape index (κ1) is 17.5. The second kappa shape index (κ2) is 7.15. The summed E-state index contributed by atoms with van der Waals surface area (Å²) in [7, 11) is 0. The molecule has 0 aromatic heterocycles. The largest absolute Gasteiger partial charge is 0.444 e. The Hall–Kier alpha value is -1.85. The van der Waals surface area contributed by atoms with E-state index in [9.17, 15) is 15.0 Å². The molecule has 0 fully saturated rings. The first-order valence-corrected chi connectivity index (χ1v) is 7.89. The smallest absolute Gasteiger partial charge is 0.407 e. The van der Waals surface area contributed by atoms with Crippen molar-refractivity contribution < 1.29 is 19.7 Å². The fourth-order valence-electron chi connectivity index (χ4n) is 2.60. The maximum Gasteiger partial charge on any atom is 0.407 e. The maximum absolute atomic E-state index is 11.5. The van der Waals surface area contributed by atoms with E-state index < -0.39 is 23.9 Å². The average molecular weight is 319 g/mol. The summed E-state index contributed by atoms with van der Waals surface area (Å²) in [6.07, 6.45) is 2.63. The van der Waals surface area contributed by atoms with E-state index >= 15 is 0 Å². The minimum atomic E-state index is -0.967. The first-order chi connectivity index (χ1) is 10.8. The molecule has 5 nitrogen and oxygen atoms in total. The quantitative estimate of drug-likeness (QED) is 0.779. The topological polar surface area (TPSA) is 78.8 Å². The second-order valence-corrected chi connectivity index (χ2v) is 6.75. The van der Waals surface area contributed by atoms with Gasteiger partial charge in [0.15, 0.2) is 0 Å². The number of nitrogens with one attached hydrogen (secondary N) is 1. The summed E-state index contributed by atoms with van der Waals surface area (Å²) < 4.78 is 5.12. The molecule has 1 aliphatic rings. The number of fused-ring (bicyclic) bond motifs is 1. The number of rotatable bonds is 5. The molecule has 1 aromatic carbocycles. The Labute approximate surface area is 137 Å². The van der Waals surface area contributed by atoms with Gasteiger partial charge >= 0.3 is 6.09 Å². The summed E-state index contributed by atoms with van der Waals surface area (Å²) in [5, 5.41) is 23.2. The monoisotopic (exact) mass is 319 g/mol. The molecule has 2 atom stereocenters. The van der Waals surface area contributed by atoms with Gasteiger partial charge < -0.3 is 20.3 Å². The highest BCUT2D eigenvalue weighted by atomic mass is 16.6. The third-order valence-electron chi connectivity index (χ3n) is 3.66. The molecule has 126 valence electrons. The Balaban J connectivity index is 1.86. The van der Waals surface area contributed by atoms with Crippen LogP contribution in [0.25, 0.3) is 6.08 Å². The molecule has 1 aliphatic carbocycles. The molecule has 1 aromatic rings. The number of aliphatic hydroxyl groups is 2. The molecular weight excluding hydrogens is 294 g/mol. The van der Waals surface area contributed by atoms with Gasteiger partial charge in [-0.25, -0.2) is 4.79 Å². The Bertz CT molecular complexity index is 589. The van der Waals surface area contributed by atoms with Crippen LogP contribution in [0, 0.1) is 0 Å². The van der Waals surface area contributed by atoms with Gasteiger partial charge in [-0.15, -0.1) is 0 Å². The highest BCUT2D eigenvalue weighted by molar-refractivity contribution is 5.67. The van der Waals surface area contributed by atoms with Crippen molar-refractivity contribution in [2.75, 3.05) is 6.54 Å². The molecule has 0 bridgehead atoms. The second-order valence-electron chi connectivity index (χ2n) is 6.75. The number of ether oxygens (including phenoxy) is 1. The normalized spacial score (nSPS) is 15.9. The maximum atomic E-state index is 11.5.